The maximum Gasteiger partial charge on any atom is 0.0480 e. The molecule has 2 atom stereocenters. The fourth-order valence-electron chi connectivity index (χ4n) is 3.94. The van der Waals surface area contributed by atoms with Crippen LogP contribution in [0.4, 0.5) is 0 Å². The van der Waals surface area contributed by atoms with Crippen LogP contribution in [-0.2, 0) is 6.54 Å². The van der Waals surface area contributed by atoms with Gasteiger partial charge in [-0.15, -0.1) is 0 Å². The summed E-state index contributed by atoms with van der Waals surface area (Å²) in [5, 5.41) is 5.17. The Morgan fingerprint density at radius 1 is 1.10 bits per heavy atom. The Morgan fingerprint density at radius 3 is 2.67 bits per heavy atom. The quantitative estimate of drug-likeness (QED) is 0.803. The Labute approximate surface area is 128 Å². The van der Waals surface area contributed by atoms with Gasteiger partial charge in [-0.1, -0.05) is 38.5 Å². The van der Waals surface area contributed by atoms with E-state index in [1.165, 1.54) is 36.6 Å². The first-order valence-electron chi connectivity index (χ1n) is 8.53. The molecule has 1 aromatic heterocycles. The Morgan fingerprint density at radius 2 is 1.86 bits per heavy atom. The van der Waals surface area contributed by atoms with Crippen molar-refractivity contribution in [2.75, 3.05) is 6.54 Å². The lowest BCUT2D eigenvalue weighted by Gasteiger charge is -2.35. The molecule has 1 saturated carbocycles. The van der Waals surface area contributed by atoms with E-state index in [1.54, 1.807) is 0 Å². The van der Waals surface area contributed by atoms with Crippen molar-refractivity contribution in [1.29, 1.82) is 0 Å². The zero-order chi connectivity index (χ0) is 14.7. The number of fused-ring (bicyclic) bond motifs is 1. The van der Waals surface area contributed by atoms with Crippen LogP contribution >= 0.6 is 0 Å². The Balaban J connectivity index is 1.50. The van der Waals surface area contributed by atoms with Gasteiger partial charge in [0.05, 0.1) is 0 Å². The Hall–Kier alpha value is -1.28. The van der Waals surface area contributed by atoms with Crippen molar-refractivity contribution in [1.82, 2.24) is 9.88 Å². The summed E-state index contributed by atoms with van der Waals surface area (Å²) in [6.45, 7) is 7.06. The second-order valence-corrected chi connectivity index (χ2v) is 6.79. The first kappa shape index (κ1) is 14.6. The van der Waals surface area contributed by atoms with Crippen molar-refractivity contribution in [3.8, 4) is 0 Å². The van der Waals surface area contributed by atoms with Gasteiger partial charge >= 0.3 is 0 Å². The molecule has 2 aromatic rings. The number of nitrogens with zero attached hydrogens (tertiary/aromatic N) is 1. The van der Waals surface area contributed by atoms with Gasteiger partial charge in [0.25, 0.3) is 0 Å². The van der Waals surface area contributed by atoms with E-state index in [2.05, 4.69) is 60.3 Å². The molecule has 0 radical (unpaired) electrons. The smallest absolute Gasteiger partial charge is 0.0480 e. The summed E-state index contributed by atoms with van der Waals surface area (Å²) in [7, 11) is 0. The van der Waals surface area contributed by atoms with Gasteiger partial charge < -0.3 is 9.88 Å². The van der Waals surface area contributed by atoms with Crippen molar-refractivity contribution >= 4 is 10.9 Å². The van der Waals surface area contributed by atoms with Gasteiger partial charge in [-0.25, -0.2) is 0 Å². The van der Waals surface area contributed by atoms with E-state index in [9.17, 15) is 0 Å². The molecule has 1 aliphatic rings. The summed E-state index contributed by atoms with van der Waals surface area (Å²) < 4.78 is 2.38. The SMILES string of the molecule is CC1CCCC(C)C1NCCCn1ccc2ccccc21. The van der Waals surface area contributed by atoms with E-state index >= 15 is 0 Å². The lowest BCUT2D eigenvalue weighted by atomic mass is 9.79. The predicted molar refractivity (Wildman–Crippen MR) is 90.5 cm³/mol. The molecule has 1 fully saturated rings. The third-order valence-corrected chi connectivity index (χ3v) is 5.18. The molecular formula is C19H28N2. The first-order chi connectivity index (χ1) is 10.3. The number of hydrogen-bond donors (Lipinski definition) is 1. The maximum atomic E-state index is 3.82. The van der Waals surface area contributed by atoms with Gasteiger partial charge in [-0.05, 0) is 55.2 Å². The minimum absolute atomic E-state index is 0.722. The van der Waals surface area contributed by atoms with Crippen molar-refractivity contribution < 1.29 is 0 Å². The molecular weight excluding hydrogens is 256 g/mol. The monoisotopic (exact) mass is 284 g/mol. The fraction of sp³-hybridized carbons (Fsp3) is 0.579. The third-order valence-electron chi connectivity index (χ3n) is 5.18. The molecule has 1 heterocycles. The molecule has 2 heteroatoms. The second-order valence-electron chi connectivity index (χ2n) is 6.79. The number of nitrogens with one attached hydrogen (secondary N) is 1. The van der Waals surface area contributed by atoms with E-state index in [-0.39, 0.29) is 0 Å². The molecule has 3 rings (SSSR count). The molecule has 114 valence electrons. The van der Waals surface area contributed by atoms with Gasteiger partial charge in [-0.3, -0.25) is 0 Å². The summed E-state index contributed by atoms with van der Waals surface area (Å²) in [6.07, 6.45) is 7.62. The van der Waals surface area contributed by atoms with E-state index in [4.69, 9.17) is 0 Å². The molecule has 2 unspecified atom stereocenters. The van der Waals surface area contributed by atoms with Gasteiger partial charge in [-0.2, -0.15) is 0 Å². The van der Waals surface area contributed by atoms with Crippen LogP contribution in [0.5, 0.6) is 0 Å². The number of benzene rings is 1. The normalized spacial score (nSPS) is 26.3. The largest absolute Gasteiger partial charge is 0.347 e. The summed E-state index contributed by atoms with van der Waals surface area (Å²) in [5.74, 6) is 1.67. The summed E-state index contributed by atoms with van der Waals surface area (Å²) in [5.41, 5.74) is 1.36. The molecule has 1 N–H and O–H groups in total. The van der Waals surface area contributed by atoms with Gasteiger partial charge in [0.15, 0.2) is 0 Å². The minimum Gasteiger partial charge on any atom is -0.347 e. The zero-order valence-corrected chi connectivity index (χ0v) is 13.4. The van der Waals surface area contributed by atoms with Crippen LogP contribution in [-0.4, -0.2) is 17.2 Å². The summed E-state index contributed by atoms with van der Waals surface area (Å²) in [4.78, 5) is 0. The third kappa shape index (κ3) is 3.32. The molecule has 0 saturated heterocycles. The number of hydrogen-bond acceptors (Lipinski definition) is 1. The van der Waals surface area contributed by atoms with E-state index in [1.807, 2.05) is 0 Å². The van der Waals surface area contributed by atoms with Crippen LogP contribution in [0.25, 0.3) is 10.9 Å². The minimum atomic E-state index is 0.722. The van der Waals surface area contributed by atoms with Crippen LogP contribution < -0.4 is 5.32 Å². The average Bonchev–Trinajstić information content (AvgIpc) is 2.89. The van der Waals surface area contributed by atoms with E-state index in [0.29, 0.717) is 0 Å². The molecule has 0 aliphatic heterocycles. The van der Waals surface area contributed by atoms with Crippen LogP contribution in [0.1, 0.15) is 39.5 Å². The maximum absolute atomic E-state index is 3.82. The van der Waals surface area contributed by atoms with Gasteiger partial charge in [0, 0.05) is 24.3 Å². The molecule has 1 aliphatic carbocycles. The number of aromatic nitrogens is 1. The number of rotatable bonds is 5. The van der Waals surface area contributed by atoms with Gasteiger partial charge in [0.2, 0.25) is 0 Å². The molecule has 0 amide bonds. The molecule has 2 nitrogen and oxygen atoms in total. The van der Waals surface area contributed by atoms with Crippen LogP contribution in [0.15, 0.2) is 36.5 Å². The zero-order valence-electron chi connectivity index (χ0n) is 13.4. The van der Waals surface area contributed by atoms with Crippen molar-refractivity contribution in [2.45, 2.75) is 52.1 Å². The fourth-order valence-corrected chi connectivity index (χ4v) is 3.94. The second kappa shape index (κ2) is 6.65. The highest BCUT2D eigenvalue weighted by Crippen LogP contribution is 2.28. The average molecular weight is 284 g/mol. The van der Waals surface area contributed by atoms with Crippen molar-refractivity contribution in [2.24, 2.45) is 11.8 Å². The molecule has 0 bridgehead atoms. The summed E-state index contributed by atoms with van der Waals surface area (Å²) >= 11 is 0. The molecule has 21 heavy (non-hydrogen) atoms. The molecule has 1 aromatic carbocycles. The topological polar surface area (TPSA) is 17.0 Å². The van der Waals surface area contributed by atoms with Crippen molar-refractivity contribution in [3.05, 3.63) is 36.5 Å². The van der Waals surface area contributed by atoms with Crippen LogP contribution in [0.2, 0.25) is 0 Å². The van der Waals surface area contributed by atoms with E-state index < -0.39 is 0 Å². The highest BCUT2D eigenvalue weighted by Gasteiger charge is 2.26. The van der Waals surface area contributed by atoms with Gasteiger partial charge in [0.1, 0.15) is 0 Å². The van der Waals surface area contributed by atoms with Crippen molar-refractivity contribution in [3.63, 3.8) is 0 Å². The lowest BCUT2D eigenvalue weighted by Crippen LogP contribution is -2.43. The highest BCUT2D eigenvalue weighted by atomic mass is 15.0. The number of para-hydroxylation sites is 1. The Bertz CT molecular complexity index is 562. The van der Waals surface area contributed by atoms with Crippen LogP contribution in [0.3, 0.4) is 0 Å². The first-order valence-corrected chi connectivity index (χ1v) is 8.53. The predicted octanol–water partition coefficient (Wildman–Crippen LogP) is 4.45. The summed E-state index contributed by atoms with van der Waals surface area (Å²) in [6, 6.07) is 11.6. The molecule has 0 spiro atoms. The Kier molecular flexibility index (Phi) is 4.64. The van der Waals surface area contributed by atoms with Crippen LogP contribution in [0, 0.1) is 11.8 Å². The van der Waals surface area contributed by atoms with E-state index in [0.717, 1.165) is 31.0 Å². The lowest BCUT2D eigenvalue weighted by molar-refractivity contribution is 0.208. The standard InChI is InChI=1S/C19H28N2/c1-15-7-5-8-16(2)19(15)20-12-6-13-21-14-11-17-9-3-4-10-18(17)21/h3-4,9-11,14-16,19-20H,5-8,12-13H2,1-2H3. The highest BCUT2D eigenvalue weighted by molar-refractivity contribution is 5.79. The number of aryl methyl sites for hydroxylation is 1.